The molecule has 3 aromatic carbocycles. The summed E-state index contributed by atoms with van der Waals surface area (Å²) in [5.74, 6) is -1.27. The van der Waals surface area contributed by atoms with Crippen LogP contribution in [-0.4, -0.2) is 49.7 Å². The lowest BCUT2D eigenvalue weighted by molar-refractivity contribution is -0.384. The Hall–Kier alpha value is -3.67. The lowest BCUT2D eigenvalue weighted by Crippen LogP contribution is -2.50. The van der Waals surface area contributed by atoms with E-state index in [-0.39, 0.29) is 32.9 Å². The predicted octanol–water partition coefficient (Wildman–Crippen LogP) is 4.26. The molecule has 0 aliphatic carbocycles. The van der Waals surface area contributed by atoms with Crippen LogP contribution in [0.1, 0.15) is 12.5 Å². The molecule has 0 aromatic heterocycles. The Morgan fingerprint density at radius 3 is 2.18 bits per heavy atom. The minimum atomic E-state index is -4.36. The van der Waals surface area contributed by atoms with Crippen LogP contribution in [0.15, 0.2) is 77.7 Å². The summed E-state index contributed by atoms with van der Waals surface area (Å²) in [6.07, 6.45) is 0. The second-order valence-electron chi connectivity index (χ2n) is 8.11. The third-order valence-corrected chi connectivity index (χ3v) is 8.24. The zero-order chi connectivity index (χ0) is 28.0. The van der Waals surface area contributed by atoms with Gasteiger partial charge >= 0.3 is 0 Å². The molecule has 1 atom stereocenters. The summed E-state index contributed by atoms with van der Waals surface area (Å²) in [4.78, 5) is 38.0. The van der Waals surface area contributed by atoms with E-state index in [1.807, 2.05) is 0 Å². The van der Waals surface area contributed by atoms with Crippen molar-refractivity contribution in [1.29, 1.82) is 0 Å². The van der Waals surface area contributed by atoms with E-state index >= 15 is 0 Å². The third kappa shape index (κ3) is 6.42. The molecule has 0 radical (unpaired) electrons. The van der Waals surface area contributed by atoms with Crippen molar-refractivity contribution in [2.75, 3.05) is 17.9 Å². The van der Waals surface area contributed by atoms with Gasteiger partial charge in [0.25, 0.3) is 15.7 Å². The molecular weight excluding hydrogens is 555 g/mol. The van der Waals surface area contributed by atoms with Crippen molar-refractivity contribution in [2.24, 2.45) is 0 Å². The Bertz CT molecular complexity index is 1430. The summed E-state index contributed by atoms with van der Waals surface area (Å²) in [6.45, 7) is 0.521. The number of nitro groups is 1. The zero-order valence-electron chi connectivity index (χ0n) is 20.4. The van der Waals surface area contributed by atoms with Crippen LogP contribution >= 0.6 is 23.2 Å². The summed E-state index contributed by atoms with van der Waals surface area (Å²) in [5.41, 5.74) is -0.0888. The van der Waals surface area contributed by atoms with Gasteiger partial charge in [-0.15, -0.1) is 0 Å². The number of likely N-dealkylation sites (N-methyl/N-ethyl adjacent to an activating group) is 1. The fourth-order valence-corrected chi connectivity index (χ4v) is 5.60. The van der Waals surface area contributed by atoms with Gasteiger partial charge in [-0.2, -0.15) is 0 Å². The van der Waals surface area contributed by atoms with E-state index in [9.17, 15) is 28.1 Å². The molecule has 1 unspecified atom stereocenters. The average molecular weight is 579 g/mol. The van der Waals surface area contributed by atoms with E-state index in [2.05, 4.69) is 5.32 Å². The molecular formula is C25H24Cl2N4O6S. The molecule has 200 valence electrons. The number of carbonyl (C=O) groups is 2. The van der Waals surface area contributed by atoms with Crippen LogP contribution in [0.5, 0.6) is 0 Å². The summed E-state index contributed by atoms with van der Waals surface area (Å²) >= 11 is 12.6. The number of carbonyl (C=O) groups excluding carboxylic acids is 2. The first kappa shape index (κ1) is 28.9. The average Bonchev–Trinajstić information content (AvgIpc) is 2.91. The predicted molar refractivity (Wildman–Crippen MR) is 145 cm³/mol. The van der Waals surface area contributed by atoms with Crippen molar-refractivity contribution in [2.45, 2.75) is 24.4 Å². The van der Waals surface area contributed by atoms with Crippen LogP contribution in [0.2, 0.25) is 10.0 Å². The minimum absolute atomic E-state index is 0.0975. The van der Waals surface area contributed by atoms with Gasteiger partial charge in [0.2, 0.25) is 11.8 Å². The number of nitro benzene ring substituents is 1. The maximum atomic E-state index is 13.7. The van der Waals surface area contributed by atoms with Gasteiger partial charge in [-0.25, -0.2) is 8.42 Å². The van der Waals surface area contributed by atoms with Crippen molar-refractivity contribution in [3.05, 3.63) is 98.5 Å². The van der Waals surface area contributed by atoms with E-state index in [0.29, 0.717) is 5.56 Å². The lowest BCUT2D eigenvalue weighted by Gasteiger charge is -2.32. The van der Waals surface area contributed by atoms with Crippen LogP contribution in [0, 0.1) is 10.1 Å². The van der Waals surface area contributed by atoms with Crippen molar-refractivity contribution < 1.29 is 22.9 Å². The number of rotatable bonds is 10. The van der Waals surface area contributed by atoms with Crippen molar-refractivity contribution in [3.8, 4) is 0 Å². The number of hydrogen-bond acceptors (Lipinski definition) is 6. The molecule has 0 saturated heterocycles. The Morgan fingerprint density at radius 1 is 1.00 bits per heavy atom. The number of hydrogen-bond donors (Lipinski definition) is 1. The third-order valence-electron chi connectivity index (χ3n) is 5.74. The molecule has 2 amide bonds. The summed E-state index contributed by atoms with van der Waals surface area (Å²) in [7, 11) is -2.95. The number of benzene rings is 3. The van der Waals surface area contributed by atoms with Gasteiger partial charge in [-0.05, 0) is 37.3 Å². The van der Waals surface area contributed by atoms with Gasteiger partial charge in [0.1, 0.15) is 12.6 Å². The largest absolute Gasteiger partial charge is 0.357 e. The highest BCUT2D eigenvalue weighted by Crippen LogP contribution is 2.29. The molecule has 38 heavy (non-hydrogen) atoms. The van der Waals surface area contributed by atoms with Gasteiger partial charge in [0, 0.05) is 41.3 Å². The Balaban J connectivity index is 2.10. The molecule has 0 aliphatic rings. The highest BCUT2D eigenvalue weighted by Gasteiger charge is 2.33. The van der Waals surface area contributed by atoms with Crippen molar-refractivity contribution in [1.82, 2.24) is 10.2 Å². The Morgan fingerprint density at radius 2 is 1.61 bits per heavy atom. The number of nitrogens with one attached hydrogen (secondary N) is 1. The first-order chi connectivity index (χ1) is 18.0. The Kier molecular flexibility index (Phi) is 9.31. The summed E-state index contributed by atoms with van der Waals surface area (Å²) in [6, 6.07) is 16.0. The molecule has 10 nitrogen and oxygen atoms in total. The standard InChI is InChI=1S/C25H24Cl2N4O6S/c1-17(25(33)28-2)29(15-21-22(26)12-7-13-23(21)27)24(32)16-30(18-8-6-9-19(14-18)31(34)35)38(36,37)20-10-4-3-5-11-20/h3-14,17H,15-16H2,1-2H3,(H,28,33). The highest BCUT2D eigenvalue weighted by atomic mass is 35.5. The monoisotopic (exact) mass is 578 g/mol. The zero-order valence-corrected chi connectivity index (χ0v) is 22.7. The van der Waals surface area contributed by atoms with Gasteiger partial charge < -0.3 is 10.2 Å². The molecule has 0 heterocycles. The van der Waals surface area contributed by atoms with Crippen LogP contribution in [-0.2, 0) is 26.2 Å². The van der Waals surface area contributed by atoms with E-state index in [4.69, 9.17) is 23.2 Å². The number of amides is 2. The Labute approximate surface area is 230 Å². The topological polar surface area (TPSA) is 130 Å². The molecule has 0 fully saturated rings. The number of halogens is 2. The lowest BCUT2D eigenvalue weighted by atomic mass is 10.1. The molecule has 3 aromatic rings. The number of anilines is 1. The van der Waals surface area contributed by atoms with Crippen LogP contribution in [0.3, 0.4) is 0 Å². The smallest absolute Gasteiger partial charge is 0.271 e. The van der Waals surface area contributed by atoms with Gasteiger partial charge in [0.05, 0.1) is 15.5 Å². The van der Waals surface area contributed by atoms with E-state index in [1.165, 1.54) is 56.4 Å². The highest BCUT2D eigenvalue weighted by molar-refractivity contribution is 7.92. The SMILES string of the molecule is CNC(=O)C(C)N(Cc1c(Cl)cccc1Cl)C(=O)CN(c1cccc([N+](=O)[O-])c1)S(=O)(=O)c1ccccc1. The number of sulfonamides is 1. The number of non-ortho nitro benzene ring substituents is 1. The minimum Gasteiger partial charge on any atom is -0.357 e. The molecule has 13 heteroatoms. The fourth-order valence-electron chi connectivity index (χ4n) is 3.66. The molecule has 0 saturated carbocycles. The maximum Gasteiger partial charge on any atom is 0.271 e. The first-order valence-corrected chi connectivity index (χ1v) is 13.4. The van der Waals surface area contributed by atoms with Gasteiger partial charge in [-0.3, -0.25) is 24.0 Å². The fraction of sp³-hybridized carbons (Fsp3) is 0.200. The number of nitrogens with zero attached hydrogens (tertiary/aromatic N) is 3. The summed E-state index contributed by atoms with van der Waals surface area (Å²) < 4.78 is 28.1. The van der Waals surface area contributed by atoms with Gasteiger partial charge in [-0.1, -0.05) is 53.5 Å². The normalized spacial score (nSPS) is 11.9. The van der Waals surface area contributed by atoms with E-state index in [1.54, 1.807) is 24.3 Å². The van der Waals surface area contributed by atoms with E-state index in [0.717, 1.165) is 15.3 Å². The second-order valence-corrected chi connectivity index (χ2v) is 10.8. The van der Waals surface area contributed by atoms with Crippen LogP contribution < -0.4 is 9.62 Å². The molecule has 0 spiro atoms. The maximum absolute atomic E-state index is 13.7. The first-order valence-electron chi connectivity index (χ1n) is 11.2. The van der Waals surface area contributed by atoms with Crippen molar-refractivity contribution >= 4 is 56.4 Å². The molecule has 1 N–H and O–H groups in total. The van der Waals surface area contributed by atoms with Crippen LogP contribution in [0.25, 0.3) is 0 Å². The molecule has 0 bridgehead atoms. The van der Waals surface area contributed by atoms with Crippen molar-refractivity contribution in [3.63, 3.8) is 0 Å². The summed E-state index contributed by atoms with van der Waals surface area (Å²) in [5, 5.41) is 14.4. The quantitative estimate of drug-likeness (QED) is 0.282. The molecule has 0 aliphatic heterocycles. The van der Waals surface area contributed by atoms with Gasteiger partial charge in [0.15, 0.2) is 0 Å². The van der Waals surface area contributed by atoms with E-state index < -0.39 is 39.3 Å². The molecule has 3 rings (SSSR count). The second kappa shape index (κ2) is 12.2. The van der Waals surface area contributed by atoms with Crippen LogP contribution in [0.4, 0.5) is 11.4 Å².